The summed E-state index contributed by atoms with van der Waals surface area (Å²) < 4.78 is 10.3. The fourth-order valence-electron chi connectivity index (χ4n) is 3.40. The molecule has 3 N–H and O–H groups in total. The summed E-state index contributed by atoms with van der Waals surface area (Å²) in [5.41, 5.74) is 6.99. The van der Waals surface area contributed by atoms with Crippen molar-refractivity contribution in [2.45, 2.75) is 25.8 Å². The number of aliphatic imine (C=N–C) groups is 1. The van der Waals surface area contributed by atoms with Crippen LogP contribution in [0, 0.1) is 16.0 Å². The molecule has 0 fully saturated rings. The maximum absolute atomic E-state index is 13.1. The molecule has 1 aromatic carbocycles. The van der Waals surface area contributed by atoms with E-state index in [1.54, 1.807) is 19.9 Å². The van der Waals surface area contributed by atoms with Gasteiger partial charge in [0.25, 0.3) is 5.69 Å². The first-order valence-corrected chi connectivity index (χ1v) is 12.6. The molecule has 0 amide bonds. The second kappa shape index (κ2) is 12.7. The zero-order chi connectivity index (χ0) is 24.5. The third-order valence-electron chi connectivity index (χ3n) is 4.90. The number of methoxy groups -OCH3 is 1. The fraction of sp³-hybridized carbons (Fsp3) is 0.476. The quantitative estimate of drug-likeness (QED) is 0.153. The summed E-state index contributed by atoms with van der Waals surface area (Å²) >= 11 is 0. The first kappa shape index (κ1) is 26.8. The van der Waals surface area contributed by atoms with Gasteiger partial charge < -0.3 is 20.3 Å². The van der Waals surface area contributed by atoms with Crippen LogP contribution in [0.25, 0.3) is 0 Å². The number of nitro benzene ring substituents is 1. The highest BCUT2D eigenvalue weighted by Crippen LogP contribution is 2.42. The van der Waals surface area contributed by atoms with Crippen molar-refractivity contribution in [1.29, 1.82) is 0 Å². The van der Waals surface area contributed by atoms with Crippen molar-refractivity contribution < 1.29 is 29.1 Å². The molecule has 3 atom stereocenters. The van der Waals surface area contributed by atoms with Gasteiger partial charge in [0.05, 0.1) is 36.5 Å². The smallest absolute Gasteiger partial charge is 0.336 e. The molecule has 0 spiro atoms. The van der Waals surface area contributed by atoms with Crippen LogP contribution in [0.4, 0.5) is 5.69 Å². The molecule has 0 bridgehead atoms. The van der Waals surface area contributed by atoms with Gasteiger partial charge >= 0.3 is 11.9 Å². The molecule has 0 radical (unpaired) electrons. The van der Waals surface area contributed by atoms with Crippen LogP contribution in [0.1, 0.15) is 25.3 Å². The number of rotatable bonds is 11. The number of nitro groups is 1. The molecule has 2 rings (SSSR count). The van der Waals surface area contributed by atoms with Crippen molar-refractivity contribution >= 4 is 44.9 Å². The Morgan fingerprint density at radius 1 is 1.36 bits per heavy atom. The zero-order valence-corrected chi connectivity index (χ0v) is 20.2. The molecule has 0 aromatic heterocycles. The van der Waals surface area contributed by atoms with Crippen LogP contribution < -0.4 is 5.73 Å². The van der Waals surface area contributed by atoms with E-state index in [9.17, 15) is 19.7 Å². The lowest BCUT2D eigenvalue weighted by Gasteiger charge is -2.31. The molecule has 33 heavy (non-hydrogen) atoms. The third-order valence-corrected chi connectivity index (χ3v) is 7.29. The fourth-order valence-corrected chi connectivity index (χ4v) is 5.59. The summed E-state index contributed by atoms with van der Waals surface area (Å²) in [5, 5.41) is 20.4. The lowest BCUT2D eigenvalue weighted by molar-refractivity contribution is -0.384. The summed E-state index contributed by atoms with van der Waals surface area (Å²) in [6.45, 7) is 3.29. The van der Waals surface area contributed by atoms with E-state index in [1.165, 1.54) is 46.9 Å². The molecular formula is C21H27N3O7S2. The molecule has 12 heteroatoms. The van der Waals surface area contributed by atoms with E-state index in [-0.39, 0.29) is 30.5 Å². The highest BCUT2D eigenvalue weighted by Gasteiger charge is 2.43. The van der Waals surface area contributed by atoms with E-state index in [0.717, 1.165) is 0 Å². The van der Waals surface area contributed by atoms with Crippen LogP contribution in [0.5, 0.6) is 0 Å². The van der Waals surface area contributed by atoms with E-state index in [2.05, 4.69) is 4.99 Å². The molecule has 1 aromatic rings. The molecule has 0 saturated heterocycles. The first-order valence-electron chi connectivity index (χ1n) is 10.1. The van der Waals surface area contributed by atoms with Gasteiger partial charge in [0.1, 0.15) is 5.92 Å². The number of hydrogen-bond acceptors (Lipinski definition) is 11. The Hall–Kier alpha value is -2.41. The zero-order valence-electron chi connectivity index (χ0n) is 18.6. The number of non-ortho nitro benzene ring substituents is 1. The maximum atomic E-state index is 13.1. The van der Waals surface area contributed by atoms with Crippen LogP contribution in [-0.2, 0) is 19.1 Å². The number of ether oxygens (including phenoxy) is 2. The van der Waals surface area contributed by atoms with Crippen molar-refractivity contribution in [2.75, 3.05) is 31.8 Å². The first-order chi connectivity index (χ1) is 15.7. The van der Waals surface area contributed by atoms with Gasteiger partial charge in [-0.2, -0.15) is 0 Å². The minimum Gasteiger partial charge on any atom is -0.468 e. The number of aliphatic hydroxyl groups is 1. The SMILES string of the molecule is CCOC(=O)C1=C(CSSCC(N)CO)N=C(C)C(C(=O)OC)C1c1cccc([N+](=O)[O-])c1. The lowest BCUT2D eigenvalue weighted by Crippen LogP contribution is -2.36. The van der Waals surface area contributed by atoms with E-state index < -0.39 is 28.7 Å². The average molecular weight is 498 g/mol. The van der Waals surface area contributed by atoms with Gasteiger partial charge in [-0.3, -0.25) is 19.9 Å². The van der Waals surface area contributed by atoms with Gasteiger partial charge in [-0.15, -0.1) is 0 Å². The Kier molecular flexibility index (Phi) is 10.4. The van der Waals surface area contributed by atoms with E-state index in [1.807, 2.05) is 0 Å². The van der Waals surface area contributed by atoms with Gasteiger partial charge in [-0.25, -0.2) is 4.79 Å². The van der Waals surface area contributed by atoms with E-state index in [4.69, 9.17) is 20.3 Å². The molecule has 1 heterocycles. The minimum absolute atomic E-state index is 0.107. The second-order valence-corrected chi connectivity index (χ2v) is 9.66. The van der Waals surface area contributed by atoms with Gasteiger partial charge in [0, 0.05) is 41.3 Å². The van der Waals surface area contributed by atoms with Crippen LogP contribution in [0.15, 0.2) is 40.5 Å². The average Bonchev–Trinajstić information content (AvgIpc) is 2.80. The van der Waals surface area contributed by atoms with E-state index >= 15 is 0 Å². The summed E-state index contributed by atoms with van der Waals surface area (Å²) in [6.07, 6.45) is 0. The standard InChI is InChI=1S/C21H27N3O7S2/c1-4-31-21(27)19-16(11-33-32-10-14(22)9-25)23-12(2)17(20(26)30-3)18(19)13-6-5-7-15(8-13)24(28)29/h5-8,14,17-18,25H,4,9-11,22H2,1-3H3. The van der Waals surface area contributed by atoms with E-state index in [0.29, 0.717) is 28.5 Å². The summed E-state index contributed by atoms with van der Waals surface area (Å²) in [5.74, 6) is -2.27. The van der Waals surface area contributed by atoms with Crippen molar-refractivity contribution in [3.63, 3.8) is 0 Å². The van der Waals surface area contributed by atoms with Crippen molar-refractivity contribution in [2.24, 2.45) is 16.6 Å². The summed E-state index contributed by atoms with van der Waals surface area (Å²) in [6, 6.07) is 5.45. The summed E-state index contributed by atoms with van der Waals surface area (Å²) in [7, 11) is 4.05. The minimum atomic E-state index is -0.944. The van der Waals surface area contributed by atoms with Crippen molar-refractivity contribution in [3.8, 4) is 0 Å². The lowest BCUT2D eigenvalue weighted by atomic mass is 9.75. The molecular weight excluding hydrogens is 470 g/mol. The van der Waals surface area contributed by atoms with Crippen LogP contribution in [0.2, 0.25) is 0 Å². The largest absolute Gasteiger partial charge is 0.468 e. The number of benzene rings is 1. The van der Waals surface area contributed by atoms with Crippen LogP contribution in [0.3, 0.4) is 0 Å². The van der Waals surface area contributed by atoms with Gasteiger partial charge in [-0.1, -0.05) is 33.7 Å². The molecule has 1 aliphatic heterocycles. The molecule has 0 aliphatic carbocycles. The summed E-state index contributed by atoms with van der Waals surface area (Å²) in [4.78, 5) is 41.1. The monoisotopic (exact) mass is 497 g/mol. The number of nitrogens with zero attached hydrogens (tertiary/aromatic N) is 2. The number of aliphatic hydroxyl groups excluding tert-OH is 1. The Bertz CT molecular complexity index is 952. The molecule has 1 aliphatic rings. The Balaban J connectivity index is 2.58. The number of hydrogen-bond donors (Lipinski definition) is 2. The molecule has 10 nitrogen and oxygen atoms in total. The van der Waals surface area contributed by atoms with Crippen molar-refractivity contribution in [1.82, 2.24) is 0 Å². The van der Waals surface area contributed by atoms with Crippen LogP contribution >= 0.6 is 21.6 Å². The van der Waals surface area contributed by atoms with Gasteiger partial charge in [0.2, 0.25) is 0 Å². The van der Waals surface area contributed by atoms with Crippen molar-refractivity contribution in [3.05, 3.63) is 51.2 Å². The van der Waals surface area contributed by atoms with Gasteiger partial charge in [-0.05, 0) is 19.4 Å². The highest BCUT2D eigenvalue weighted by molar-refractivity contribution is 8.76. The Morgan fingerprint density at radius 3 is 2.70 bits per heavy atom. The molecule has 0 saturated carbocycles. The molecule has 180 valence electrons. The third kappa shape index (κ3) is 6.79. The second-order valence-electron chi connectivity index (χ2n) is 7.15. The number of nitrogens with two attached hydrogens (primary N) is 1. The number of carbonyl (C=O) groups is 2. The maximum Gasteiger partial charge on any atom is 0.336 e. The Morgan fingerprint density at radius 2 is 2.09 bits per heavy atom. The predicted octanol–water partition coefficient (Wildman–Crippen LogP) is 2.46. The number of carbonyl (C=O) groups excluding carboxylic acids is 2. The molecule has 3 unspecified atom stereocenters. The predicted molar refractivity (Wildman–Crippen MR) is 128 cm³/mol. The Labute approximate surface area is 199 Å². The normalized spacial score (nSPS) is 19.0. The topological polar surface area (TPSA) is 154 Å². The van der Waals surface area contributed by atoms with Gasteiger partial charge in [0.15, 0.2) is 0 Å². The van der Waals surface area contributed by atoms with Crippen LogP contribution in [-0.4, -0.2) is 65.6 Å². The number of esters is 2. The highest BCUT2D eigenvalue weighted by atomic mass is 33.1.